The molecule has 0 amide bonds. The first-order chi connectivity index (χ1) is 9.17. The van der Waals surface area contributed by atoms with E-state index < -0.39 is 0 Å². The van der Waals surface area contributed by atoms with E-state index in [-0.39, 0.29) is 0 Å². The van der Waals surface area contributed by atoms with Gasteiger partial charge in [0.2, 0.25) is 0 Å². The Morgan fingerprint density at radius 3 is 2.32 bits per heavy atom. The number of ether oxygens (including phenoxy) is 1. The molecule has 1 fully saturated rings. The van der Waals surface area contributed by atoms with Crippen LogP contribution in [0.3, 0.4) is 0 Å². The first kappa shape index (κ1) is 14.4. The largest absolute Gasteiger partial charge is 0.497 e. The lowest BCUT2D eigenvalue weighted by molar-refractivity contribution is 0.179. The van der Waals surface area contributed by atoms with Crippen LogP contribution in [-0.2, 0) is 0 Å². The molecule has 0 atom stereocenters. The summed E-state index contributed by atoms with van der Waals surface area (Å²) in [4.78, 5) is 0. The molecule has 0 bridgehead atoms. The van der Waals surface area contributed by atoms with E-state index in [1.54, 1.807) is 7.11 Å². The molecule has 0 saturated heterocycles. The van der Waals surface area contributed by atoms with E-state index in [0.29, 0.717) is 5.41 Å². The van der Waals surface area contributed by atoms with Gasteiger partial charge in [0.1, 0.15) is 5.75 Å². The Morgan fingerprint density at radius 2 is 1.79 bits per heavy atom. The van der Waals surface area contributed by atoms with E-state index >= 15 is 0 Å². The molecule has 0 aromatic heterocycles. The molecule has 1 nitrogen and oxygen atoms in total. The van der Waals surface area contributed by atoms with Crippen molar-refractivity contribution < 1.29 is 4.74 Å². The Bertz CT molecular complexity index is 371. The fourth-order valence-electron chi connectivity index (χ4n) is 3.38. The first-order valence-electron chi connectivity index (χ1n) is 7.81. The van der Waals surface area contributed by atoms with Crippen molar-refractivity contribution in [2.75, 3.05) is 7.11 Å². The second-order valence-electron chi connectivity index (χ2n) is 6.46. The van der Waals surface area contributed by atoms with E-state index in [0.717, 1.165) is 11.7 Å². The van der Waals surface area contributed by atoms with Crippen molar-refractivity contribution >= 4 is 0 Å². The van der Waals surface area contributed by atoms with Gasteiger partial charge in [0, 0.05) is 0 Å². The maximum atomic E-state index is 5.23. The summed E-state index contributed by atoms with van der Waals surface area (Å²) in [5, 5.41) is 0. The fourth-order valence-corrected chi connectivity index (χ4v) is 3.38. The number of benzene rings is 1. The quantitative estimate of drug-likeness (QED) is 0.674. The molecule has 1 aromatic rings. The molecule has 1 aromatic carbocycles. The van der Waals surface area contributed by atoms with Gasteiger partial charge in [0.25, 0.3) is 0 Å². The minimum absolute atomic E-state index is 0.610. The molecule has 0 N–H and O–H groups in total. The molecule has 0 aliphatic heterocycles. The molecule has 2 rings (SSSR count). The summed E-state index contributed by atoms with van der Waals surface area (Å²) < 4.78 is 5.23. The van der Waals surface area contributed by atoms with Crippen molar-refractivity contribution in [2.45, 2.75) is 64.7 Å². The number of hydrogen-bond acceptors (Lipinski definition) is 1. The number of rotatable bonds is 5. The van der Waals surface area contributed by atoms with Crippen LogP contribution in [0.4, 0.5) is 0 Å². The Balaban J connectivity index is 1.91. The van der Waals surface area contributed by atoms with Gasteiger partial charge >= 0.3 is 0 Å². The van der Waals surface area contributed by atoms with Crippen molar-refractivity contribution in [2.24, 2.45) is 5.41 Å². The Hall–Kier alpha value is -0.980. The third-order valence-electron chi connectivity index (χ3n) is 4.91. The van der Waals surface area contributed by atoms with Crippen LogP contribution in [0.5, 0.6) is 5.75 Å². The van der Waals surface area contributed by atoms with Gasteiger partial charge in [-0.15, -0.1) is 0 Å². The average molecular weight is 260 g/mol. The summed E-state index contributed by atoms with van der Waals surface area (Å²) in [5.74, 6) is 1.73. The molecule has 0 unspecified atom stereocenters. The standard InChI is InChI=1S/C18H28O/c1-4-5-12-18(2)13-10-16(11-14-18)15-6-8-17(19-3)9-7-15/h6-9,16H,4-5,10-14H2,1-3H3. The van der Waals surface area contributed by atoms with E-state index in [9.17, 15) is 0 Å². The molecule has 1 aliphatic carbocycles. The lowest BCUT2D eigenvalue weighted by Gasteiger charge is -2.37. The smallest absolute Gasteiger partial charge is 0.118 e. The van der Waals surface area contributed by atoms with Crippen LogP contribution in [0.1, 0.15) is 70.3 Å². The van der Waals surface area contributed by atoms with E-state index in [1.807, 2.05) is 0 Å². The molecule has 1 heteroatoms. The van der Waals surface area contributed by atoms with Crippen LogP contribution >= 0.6 is 0 Å². The van der Waals surface area contributed by atoms with Crippen molar-refractivity contribution in [3.8, 4) is 5.75 Å². The summed E-state index contributed by atoms with van der Waals surface area (Å²) in [6, 6.07) is 8.69. The second-order valence-corrected chi connectivity index (χ2v) is 6.46. The molecule has 106 valence electrons. The van der Waals surface area contributed by atoms with Crippen LogP contribution in [0.15, 0.2) is 24.3 Å². The maximum absolute atomic E-state index is 5.23. The lowest BCUT2D eigenvalue weighted by atomic mass is 9.68. The van der Waals surface area contributed by atoms with Crippen LogP contribution in [0.2, 0.25) is 0 Å². The third-order valence-corrected chi connectivity index (χ3v) is 4.91. The Labute approximate surface area is 118 Å². The van der Waals surface area contributed by atoms with Gasteiger partial charge < -0.3 is 4.74 Å². The normalized spacial score (nSPS) is 27.2. The molecule has 0 heterocycles. The summed E-state index contributed by atoms with van der Waals surface area (Å²) in [6.45, 7) is 4.79. The van der Waals surface area contributed by atoms with Crippen molar-refractivity contribution in [3.05, 3.63) is 29.8 Å². The second kappa shape index (κ2) is 6.45. The minimum Gasteiger partial charge on any atom is -0.497 e. The Kier molecular flexibility index (Phi) is 4.90. The highest BCUT2D eigenvalue weighted by Crippen LogP contribution is 2.45. The van der Waals surface area contributed by atoms with E-state index in [4.69, 9.17) is 4.74 Å². The molecule has 19 heavy (non-hydrogen) atoms. The highest BCUT2D eigenvalue weighted by Gasteiger charge is 2.30. The van der Waals surface area contributed by atoms with Crippen LogP contribution in [0, 0.1) is 5.41 Å². The van der Waals surface area contributed by atoms with Crippen molar-refractivity contribution in [1.82, 2.24) is 0 Å². The fraction of sp³-hybridized carbons (Fsp3) is 0.667. The Morgan fingerprint density at radius 1 is 1.16 bits per heavy atom. The van der Waals surface area contributed by atoms with Gasteiger partial charge in [0.05, 0.1) is 7.11 Å². The summed E-state index contributed by atoms with van der Waals surface area (Å²) >= 11 is 0. The summed E-state index contributed by atoms with van der Waals surface area (Å²) in [6.07, 6.45) is 9.63. The molecular formula is C18H28O. The van der Waals surface area contributed by atoms with Crippen LogP contribution < -0.4 is 4.74 Å². The third kappa shape index (κ3) is 3.75. The van der Waals surface area contributed by atoms with Gasteiger partial charge in [0.15, 0.2) is 0 Å². The minimum atomic E-state index is 0.610. The lowest BCUT2D eigenvalue weighted by Crippen LogP contribution is -2.23. The SMILES string of the molecule is CCCCC1(C)CCC(c2ccc(OC)cc2)CC1. The number of unbranched alkanes of at least 4 members (excludes halogenated alkanes) is 1. The number of hydrogen-bond donors (Lipinski definition) is 0. The molecular weight excluding hydrogens is 232 g/mol. The summed E-state index contributed by atoms with van der Waals surface area (Å²) in [7, 11) is 1.73. The van der Waals surface area contributed by atoms with Gasteiger partial charge in [-0.25, -0.2) is 0 Å². The zero-order valence-corrected chi connectivity index (χ0v) is 12.7. The molecule has 1 aliphatic rings. The van der Waals surface area contributed by atoms with Gasteiger partial charge in [-0.3, -0.25) is 0 Å². The van der Waals surface area contributed by atoms with Crippen molar-refractivity contribution in [1.29, 1.82) is 0 Å². The highest BCUT2D eigenvalue weighted by atomic mass is 16.5. The van der Waals surface area contributed by atoms with E-state index in [2.05, 4.69) is 38.1 Å². The predicted molar refractivity (Wildman–Crippen MR) is 81.8 cm³/mol. The zero-order valence-electron chi connectivity index (χ0n) is 12.7. The van der Waals surface area contributed by atoms with Crippen LogP contribution in [-0.4, -0.2) is 7.11 Å². The van der Waals surface area contributed by atoms with Gasteiger partial charge in [-0.2, -0.15) is 0 Å². The zero-order chi connectivity index (χ0) is 13.7. The predicted octanol–water partition coefficient (Wildman–Crippen LogP) is 5.55. The first-order valence-corrected chi connectivity index (χ1v) is 7.81. The monoisotopic (exact) mass is 260 g/mol. The van der Waals surface area contributed by atoms with Gasteiger partial charge in [-0.05, 0) is 61.1 Å². The topological polar surface area (TPSA) is 9.23 Å². The number of methoxy groups -OCH3 is 1. The molecule has 0 spiro atoms. The van der Waals surface area contributed by atoms with E-state index in [1.165, 1.54) is 50.5 Å². The average Bonchev–Trinajstić information content (AvgIpc) is 2.46. The maximum Gasteiger partial charge on any atom is 0.118 e. The molecule has 0 radical (unpaired) electrons. The summed E-state index contributed by atoms with van der Waals surface area (Å²) in [5.41, 5.74) is 2.11. The van der Waals surface area contributed by atoms with Crippen LogP contribution in [0.25, 0.3) is 0 Å². The highest BCUT2D eigenvalue weighted by molar-refractivity contribution is 5.29. The van der Waals surface area contributed by atoms with Gasteiger partial charge in [-0.1, -0.05) is 38.8 Å². The molecule has 1 saturated carbocycles. The van der Waals surface area contributed by atoms with Crippen molar-refractivity contribution in [3.63, 3.8) is 0 Å².